The van der Waals surface area contributed by atoms with E-state index in [0.29, 0.717) is 17.4 Å². The highest BCUT2D eigenvalue weighted by molar-refractivity contribution is 7.13. The van der Waals surface area contributed by atoms with Crippen LogP contribution in [0.4, 0.5) is 11.6 Å². The molecule has 3 heterocycles. The number of nitrogens with one attached hydrogen (secondary N) is 2. The van der Waals surface area contributed by atoms with Crippen molar-refractivity contribution in [2.24, 2.45) is 7.05 Å². The highest BCUT2D eigenvalue weighted by Crippen LogP contribution is 2.36. The summed E-state index contributed by atoms with van der Waals surface area (Å²) in [5, 5.41) is 16.2. The van der Waals surface area contributed by atoms with Crippen molar-refractivity contribution in [2.45, 2.75) is 64.2 Å². The Balaban J connectivity index is 1.36. The molecular weight excluding hydrogens is 470 g/mol. The molecule has 4 aromatic rings. The monoisotopic (exact) mass is 502 g/mol. The summed E-state index contributed by atoms with van der Waals surface area (Å²) in [5.41, 5.74) is 5.31. The minimum absolute atomic E-state index is 0.0922. The predicted octanol–water partition coefficient (Wildman–Crippen LogP) is 5.27. The quantitative estimate of drug-likeness (QED) is 0.212. The fraction of sp³-hybridized carbons (Fsp3) is 0.407. The number of fused-ring (bicyclic) bond motifs is 1. The average Bonchev–Trinajstić information content (AvgIpc) is 3.46. The number of aromatic nitrogens is 6. The summed E-state index contributed by atoms with van der Waals surface area (Å²) in [7, 11) is 1.93. The zero-order valence-corrected chi connectivity index (χ0v) is 22.0. The van der Waals surface area contributed by atoms with Crippen molar-refractivity contribution >= 4 is 28.8 Å². The molecule has 0 amide bonds. The van der Waals surface area contributed by atoms with Gasteiger partial charge in [-0.1, -0.05) is 50.7 Å². The van der Waals surface area contributed by atoms with E-state index in [1.54, 1.807) is 6.20 Å². The van der Waals surface area contributed by atoms with E-state index in [1.807, 2.05) is 30.2 Å². The molecule has 0 radical (unpaired) electrons. The third kappa shape index (κ3) is 5.36. The Morgan fingerprint density at radius 3 is 2.83 bits per heavy atom. The van der Waals surface area contributed by atoms with Gasteiger partial charge in [0.05, 0.1) is 11.9 Å². The summed E-state index contributed by atoms with van der Waals surface area (Å²) < 4.78 is 1.86. The van der Waals surface area contributed by atoms with Crippen molar-refractivity contribution in [3.8, 4) is 11.3 Å². The van der Waals surface area contributed by atoms with Gasteiger partial charge in [-0.3, -0.25) is 4.79 Å². The van der Waals surface area contributed by atoms with Gasteiger partial charge in [-0.05, 0) is 48.4 Å². The molecule has 2 N–H and O–H groups in total. The summed E-state index contributed by atoms with van der Waals surface area (Å²) in [5.74, 6) is 0.842. The number of nitrogens with zero attached hydrogens (tertiary/aromatic N) is 5. The van der Waals surface area contributed by atoms with Crippen LogP contribution in [0.1, 0.15) is 78.3 Å². The van der Waals surface area contributed by atoms with Gasteiger partial charge < -0.3 is 5.32 Å². The van der Waals surface area contributed by atoms with Gasteiger partial charge in [0.25, 0.3) is 0 Å². The van der Waals surface area contributed by atoms with Crippen molar-refractivity contribution in [1.82, 2.24) is 25.3 Å². The Labute approximate surface area is 215 Å². The highest BCUT2D eigenvalue weighted by atomic mass is 32.1. The van der Waals surface area contributed by atoms with E-state index in [1.165, 1.54) is 22.5 Å². The summed E-state index contributed by atoms with van der Waals surface area (Å²) in [6.45, 7) is 6.29. The maximum Gasteiger partial charge on any atom is 0.227 e. The lowest BCUT2D eigenvalue weighted by Crippen LogP contribution is -2.27. The minimum atomic E-state index is -0.0998. The van der Waals surface area contributed by atoms with Crippen LogP contribution >= 0.6 is 11.3 Å². The Hall–Kier alpha value is -3.46. The van der Waals surface area contributed by atoms with E-state index >= 15 is 0 Å². The molecule has 3 aromatic heterocycles. The molecule has 0 saturated carbocycles. The molecule has 0 fully saturated rings. The summed E-state index contributed by atoms with van der Waals surface area (Å²) in [6, 6.07) is 8.48. The highest BCUT2D eigenvalue weighted by Gasteiger charge is 2.26. The van der Waals surface area contributed by atoms with Gasteiger partial charge in [-0.2, -0.15) is 5.10 Å². The van der Waals surface area contributed by atoms with Crippen molar-refractivity contribution in [2.75, 3.05) is 5.32 Å². The first-order chi connectivity index (χ1) is 17.3. The molecule has 1 aliphatic rings. The number of carbonyl (C=O) groups is 1. The molecule has 0 aliphatic heterocycles. The number of aromatic amines is 1. The number of aryl methyl sites for hydroxylation is 2. The average molecular weight is 503 g/mol. The van der Waals surface area contributed by atoms with Gasteiger partial charge in [0.15, 0.2) is 17.8 Å². The third-order valence-corrected chi connectivity index (χ3v) is 7.92. The SMILES string of the molecule is C[n+]1cc(Nc2nccc(-c3ccc4c(c3)CCCCC4CC(=O)c3nnc(C(C)(C)C)s3)n2)c[nH]1. The van der Waals surface area contributed by atoms with E-state index < -0.39 is 0 Å². The second-order valence-electron chi connectivity index (χ2n) is 10.5. The van der Waals surface area contributed by atoms with E-state index in [9.17, 15) is 4.79 Å². The van der Waals surface area contributed by atoms with Crippen LogP contribution < -0.4 is 10.00 Å². The number of anilines is 2. The van der Waals surface area contributed by atoms with Gasteiger partial charge in [-0.15, -0.1) is 14.9 Å². The second-order valence-corrected chi connectivity index (χ2v) is 11.5. The molecule has 0 saturated heterocycles. The molecule has 9 heteroatoms. The molecule has 0 spiro atoms. The lowest BCUT2D eigenvalue weighted by atomic mass is 9.87. The number of H-pyrrole nitrogens is 1. The maximum absolute atomic E-state index is 13.1. The first-order valence-electron chi connectivity index (χ1n) is 12.4. The first kappa shape index (κ1) is 24.2. The molecule has 1 atom stereocenters. The van der Waals surface area contributed by atoms with Gasteiger partial charge in [0.1, 0.15) is 10.7 Å². The number of ketones is 1. The van der Waals surface area contributed by atoms with E-state index in [0.717, 1.165) is 47.6 Å². The van der Waals surface area contributed by atoms with Gasteiger partial charge in [0, 0.05) is 23.6 Å². The van der Waals surface area contributed by atoms with Crippen LogP contribution in [0.25, 0.3) is 11.3 Å². The number of Topliss-reactive ketones (excluding diaryl/α,β-unsaturated/α-hetero) is 1. The summed E-state index contributed by atoms with van der Waals surface area (Å²) in [6.07, 6.45) is 10.3. The normalized spacial score (nSPS) is 15.8. The van der Waals surface area contributed by atoms with Gasteiger partial charge in [0.2, 0.25) is 12.1 Å². The maximum atomic E-state index is 13.1. The minimum Gasteiger partial charge on any atom is -0.318 e. The van der Waals surface area contributed by atoms with Crippen LogP contribution in [0.2, 0.25) is 0 Å². The van der Waals surface area contributed by atoms with Crippen LogP contribution in [-0.4, -0.2) is 31.0 Å². The molecule has 36 heavy (non-hydrogen) atoms. The Morgan fingerprint density at radius 2 is 2.08 bits per heavy atom. The number of carbonyl (C=O) groups excluding carboxylic acids is 1. The Kier molecular flexibility index (Phi) is 6.66. The zero-order valence-electron chi connectivity index (χ0n) is 21.2. The second kappa shape index (κ2) is 9.89. The van der Waals surface area contributed by atoms with Crippen LogP contribution in [0.3, 0.4) is 0 Å². The topological polar surface area (TPSA) is 100 Å². The third-order valence-electron chi connectivity index (χ3n) is 6.53. The van der Waals surface area contributed by atoms with Crippen LogP contribution in [0.5, 0.6) is 0 Å². The Bertz CT molecular complexity index is 1380. The van der Waals surface area contributed by atoms with Crippen molar-refractivity contribution in [1.29, 1.82) is 0 Å². The smallest absolute Gasteiger partial charge is 0.227 e. The van der Waals surface area contributed by atoms with E-state index in [4.69, 9.17) is 4.98 Å². The van der Waals surface area contributed by atoms with Gasteiger partial charge >= 0.3 is 0 Å². The van der Waals surface area contributed by atoms with Crippen LogP contribution in [-0.2, 0) is 18.9 Å². The van der Waals surface area contributed by atoms with Crippen LogP contribution in [0, 0.1) is 0 Å². The number of hydrogen-bond acceptors (Lipinski definition) is 7. The number of benzene rings is 1. The molecular formula is C27H32N7OS+. The molecule has 1 aromatic carbocycles. The first-order valence-corrected chi connectivity index (χ1v) is 13.2. The lowest BCUT2D eigenvalue weighted by molar-refractivity contribution is -0.726. The number of hydrogen-bond donors (Lipinski definition) is 2. The zero-order chi connectivity index (χ0) is 25.3. The van der Waals surface area contributed by atoms with Crippen molar-refractivity contribution in [3.63, 3.8) is 0 Å². The summed E-state index contributed by atoms with van der Waals surface area (Å²) in [4.78, 5) is 22.2. The van der Waals surface area contributed by atoms with E-state index in [2.05, 4.69) is 64.6 Å². The molecule has 5 rings (SSSR count). The molecule has 1 unspecified atom stereocenters. The number of rotatable bonds is 6. The largest absolute Gasteiger partial charge is 0.318 e. The molecule has 1 aliphatic carbocycles. The van der Waals surface area contributed by atoms with Crippen LogP contribution in [0.15, 0.2) is 42.9 Å². The van der Waals surface area contributed by atoms with E-state index in [-0.39, 0.29) is 17.1 Å². The van der Waals surface area contributed by atoms with Gasteiger partial charge in [-0.25, -0.2) is 9.97 Å². The van der Waals surface area contributed by atoms with Crippen molar-refractivity contribution in [3.05, 3.63) is 64.0 Å². The van der Waals surface area contributed by atoms with Crippen molar-refractivity contribution < 1.29 is 9.48 Å². The fourth-order valence-electron chi connectivity index (χ4n) is 4.64. The summed E-state index contributed by atoms with van der Waals surface area (Å²) >= 11 is 1.43. The fourth-order valence-corrected chi connectivity index (χ4v) is 5.49. The molecule has 0 bridgehead atoms. The standard InChI is InChI=1S/C27H31N7OS/c1-27(2,3)25-33-32-24(36-25)23(35)14-18-8-6-5-7-17-13-19(9-10-21(17)18)22-11-12-28-26(31-22)30-20-15-29-34(4)16-20/h9-13,15-16,18H,5-8,14H2,1-4H3,(H,28,30,31)/p+1. The lowest BCUT2D eigenvalue weighted by Gasteiger charge is -2.17. The molecule has 186 valence electrons. The predicted molar refractivity (Wildman–Crippen MR) is 141 cm³/mol. The molecule has 8 nitrogen and oxygen atoms in total. The Morgan fingerprint density at radius 1 is 1.22 bits per heavy atom.